The second kappa shape index (κ2) is 4.40. The molecule has 0 saturated carbocycles. The highest BCUT2D eigenvalue weighted by molar-refractivity contribution is 7.81. The fourth-order valence-electron chi connectivity index (χ4n) is 0.853. The molecule has 78 valence electrons. The molecule has 5 heteroatoms. The molecule has 0 fully saturated rings. The number of aromatic nitrogens is 2. The Morgan fingerprint density at radius 1 is 1.43 bits per heavy atom. The van der Waals surface area contributed by atoms with Crippen LogP contribution in [0.3, 0.4) is 0 Å². The first-order chi connectivity index (χ1) is 6.43. The van der Waals surface area contributed by atoms with Crippen LogP contribution in [0, 0.1) is 0 Å². The third-order valence-corrected chi connectivity index (χ3v) is 3.33. The third-order valence-electron chi connectivity index (χ3n) is 1.63. The Balaban J connectivity index is 2.74. The molecule has 0 aliphatic rings. The molecule has 14 heavy (non-hydrogen) atoms. The molecule has 0 atom stereocenters. The third kappa shape index (κ3) is 3.06. The minimum Gasteiger partial charge on any atom is -0.298 e. The van der Waals surface area contributed by atoms with Gasteiger partial charge in [-0.3, -0.25) is 4.79 Å². The van der Waals surface area contributed by atoms with Gasteiger partial charge >= 0.3 is 0 Å². The molecule has 3 nitrogen and oxygen atoms in total. The summed E-state index contributed by atoms with van der Waals surface area (Å²) < 4.78 is 0. The fourth-order valence-corrected chi connectivity index (χ4v) is 1.89. The van der Waals surface area contributed by atoms with Gasteiger partial charge in [0.1, 0.15) is 15.8 Å². The van der Waals surface area contributed by atoms with E-state index in [2.05, 4.69) is 43.6 Å². The van der Waals surface area contributed by atoms with Crippen LogP contribution in [0.15, 0.2) is 0 Å². The minimum absolute atomic E-state index is 0.0138. The number of hydrogen-bond donors (Lipinski definition) is 1. The predicted molar refractivity (Wildman–Crippen MR) is 61.2 cm³/mol. The Kier molecular flexibility index (Phi) is 3.66. The van der Waals surface area contributed by atoms with Gasteiger partial charge < -0.3 is 0 Å². The van der Waals surface area contributed by atoms with E-state index >= 15 is 0 Å². The van der Waals surface area contributed by atoms with E-state index in [0.29, 0.717) is 6.42 Å². The van der Waals surface area contributed by atoms with Crippen LogP contribution >= 0.6 is 24.0 Å². The van der Waals surface area contributed by atoms with E-state index in [1.54, 1.807) is 0 Å². The van der Waals surface area contributed by atoms with Crippen molar-refractivity contribution < 1.29 is 4.79 Å². The first-order valence-corrected chi connectivity index (χ1v) is 5.84. The van der Waals surface area contributed by atoms with Gasteiger partial charge in [-0.25, -0.2) is 0 Å². The van der Waals surface area contributed by atoms with E-state index in [1.165, 1.54) is 11.3 Å². The van der Waals surface area contributed by atoms with Gasteiger partial charge in [0.2, 0.25) is 0 Å². The van der Waals surface area contributed by atoms with Crippen molar-refractivity contribution in [2.24, 2.45) is 0 Å². The van der Waals surface area contributed by atoms with Crippen molar-refractivity contribution in [3.8, 4) is 0 Å². The van der Waals surface area contributed by atoms with Crippen LogP contribution in [0.25, 0.3) is 0 Å². The van der Waals surface area contributed by atoms with Gasteiger partial charge in [0.25, 0.3) is 0 Å². The van der Waals surface area contributed by atoms with Crippen LogP contribution in [-0.4, -0.2) is 21.7 Å². The molecule has 0 saturated heterocycles. The van der Waals surface area contributed by atoms with Crippen LogP contribution < -0.4 is 0 Å². The lowest BCUT2D eigenvalue weighted by Gasteiger charge is -2.12. The Labute approximate surface area is 93.4 Å². The molecule has 1 heterocycles. The summed E-state index contributed by atoms with van der Waals surface area (Å²) in [4.78, 5) is 11.1. The molecule has 0 spiro atoms. The van der Waals surface area contributed by atoms with Crippen LogP contribution in [0.2, 0.25) is 0 Å². The first-order valence-electron chi connectivity index (χ1n) is 4.39. The lowest BCUT2D eigenvalue weighted by molar-refractivity contribution is -0.115. The molecule has 0 radical (unpaired) electrons. The van der Waals surface area contributed by atoms with Crippen molar-refractivity contribution in [3.63, 3.8) is 0 Å². The summed E-state index contributed by atoms with van der Waals surface area (Å²) in [6.45, 7) is 6.24. The summed E-state index contributed by atoms with van der Waals surface area (Å²) in [6.07, 6.45) is 0.358. The topological polar surface area (TPSA) is 42.9 Å². The Morgan fingerprint density at radius 2 is 2.07 bits per heavy atom. The van der Waals surface area contributed by atoms with Crippen molar-refractivity contribution in [3.05, 3.63) is 10.0 Å². The average Bonchev–Trinajstić information content (AvgIpc) is 2.51. The van der Waals surface area contributed by atoms with Gasteiger partial charge in [0.15, 0.2) is 0 Å². The maximum atomic E-state index is 11.1. The second-order valence-electron chi connectivity index (χ2n) is 4.12. The highest BCUT2D eigenvalue weighted by atomic mass is 32.1. The number of thiol groups is 1. The number of carbonyl (C=O) groups is 1. The predicted octanol–water partition coefficient (Wildman–Crippen LogP) is 1.88. The molecule has 0 aliphatic heterocycles. The number of rotatable bonds is 3. The minimum atomic E-state index is 0.0138. The molecule has 0 aliphatic carbocycles. The number of carbonyl (C=O) groups excluding carboxylic acids is 1. The number of hydrogen-bond acceptors (Lipinski definition) is 5. The van der Waals surface area contributed by atoms with Crippen molar-refractivity contribution in [2.45, 2.75) is 32.6 Å². The molecule has 0 N–H and O–H groups in total. The quantitative estimate of drug-likeness (QED) is 0.806. The normalized spacial score (nSPS) is 11.7. The summed E-state index contributed by atoms with van der Waals surface area (Å²) in [5.41, 5.74) is 0.0138. The molecule has 0 bridgehead atoms. The van der Waals surface area contributed by atoms with Crippen molar-refractivity contribution in [1.82, 2.24) is 10.2 Å². The standard InChI is InChI=1S/C9H14N2OS2/c1-9(2,3)8-11-10-7(14-8)4-6(12)5-13/h13H,4-5H2,1-3H3. The zero-order chi connectivity index (χ0) is 10.8. The zero-order valence-electron chi connectivity index (χ0n) is 8.57. The van der Waals surface area contributed by atoms with E-state index in [4.69, 9.17) is 0 Å². The van der Waals surface area contributed by atoms with Gasteiger partial charge in [-0.1, -0.05) is 20.8 Å². The number of ketones is 1. The molecule has 1 aromatic rings. The van der Waals surface area contributed by atoms with Crippen LogP contribution in [0.1, 0.15) is 30.8 Å². The Hall–Kier alpha value is -0.420. The van der Waals surface area contributed by atoms with Gasteiger partial charge in [-0.15, -0.1) is 21.5 Å². The van der Waals surface area contributed by atoms with E-state index < -0.39 is 0 Å². The monoisotopic (exact) mass is 230 g/mol. The lowest BCUT2D eigenvalue weighted by Crippen LogP contribution is -2.10. The maximum absolute atomic E-state index is 11.1. The molecule has 1 rings (SSSR count). The van der Waals surface area contributed by atoms with Crippen LogP contribution in [0.4, 0.5) is 0 Å². The highest BCUT2D eigenvalue weighted by Crippen LogP contribution is 2.25. The van der Waals surface area contributed by atoms with E-state index in [0.717, 1.165) is 10.0 Å². The van der Waals surface area contributed by atoms with Gasteiger partial charge in [0, 0.05) is 11.2 Å². The first kappa shape index (κ1) is 11.7. The number of Topliss-reactive ketones (excluding diaryl/α,β-unsaturated/α-hetero) is 1. The van der Waals surface area contributed by atoms with Crippen molar-refractivity contribution in [2.75, 3.05) is 5.75 Å². The maximum Gasteiger partial charge on any atom is 0.149 e. The van der Waals surface area contributed by atoms with Crippen molar-refractivity contribution in [1.29, 1.82) is 0 Å². The Bertz CT molecular complexity index is 328. The highest BCUT2D eigenvalue weighted by Gasteiger charge is 2.19. The van der Waals surface area contributed by atoms with E-state index in [9.17, 15) is 4.79 Å². The van der Waals surface area contributed by atoms with Gasteiger partial charge in [-0.2, -0.15) is 12.6 Å². The lowest BCUT2D eigenvalue weighted by atomic mass is 9.98. The SMILES string of the molecule is CC(C)(C)c1nnc(CC(=O)CS)s1. The summed E-state index contributed by atoms with van der Waals surface area (Å²) in [6, 6.07) is 0. The fraction of sp³-hybridized carbons (Fsp3) is 0.667. The van der Waals surface area contributed by atoms with Gasteiger partial charge in [0.05, 0.1) is 6.42 Å². The van der Waals surface area contributed by atoms with Crippen molar-refractivity contribution >= 4 is 29.7 Å². The van der Waals surface area contributed by atoms with Crippen LogP contribution in [0.5, 0.6) is 0 Å². The second-order valence-corrected chi connectivity index (χ2v) is 5.50. The summed E-state index contributed by atoms with van der Waals surface area (Å²) in [5, 5.41) is 9.81. The zero-order valence-corrected chi connectivity index (χ0v) is 10.3. The van der Waals surface area contributed by atoms with E-state index in [1.807, 2.05) is 0 Å². The smallest absolute Gasteiger partial charge is 0.149 e. The Morgan fingerprint density at radius 3 is 2.50 bits per heavy atom. The molecule has 1 aromatic heterocycles. The van der Waals surface area contributed by atoms with Gasteiger partial charge in [-0.05, 0) is 0 Å². The molecular formula is C9H14N2OS2. The van der Waals surface area contributed by atoms with E-state index in [-0.39, 0.29) is 17.0 Å². The number of nitrogens with zero attached hydrogens (tertiary/aromatic N) is 2. The summed E-state index contributed by atoms with van der Waals surface area (Å²) in [5.74, 6) is 0.356. The largest absolute Gasteiger partial charge is 0.298 e. The average molecular weight is 230 g/mol. The summed E-state index contributed by atoms with van der Waals surface area (Å²) >= 11 is 5.42. The molecule has 0 aromatic carbocycles. The summed E-state index contributed by atoms with van der Waals surface area (Å²) in [7, 11) is 0. The van der Waals surface area contributed by atoms with Crippen LogP contribution in [-0.2, 0) is 16.6 Å². The molecular weight excluding hydrogens is 216 g/mol. The molecule has 0 unspecified atom stereocenters. The molecule has 0 amide bonds.